The zero-order valence-electron chi connectivity index (χ0n) is 36.3. The molecule has 0 bridgehead atoms. The Morgan fingerprint density at radius 1 is 0.500 bits per heavy atom. The molecule has 5 aromatic carbocycles. The lowest BCUT2D eigenvalue weighted by Gasteiger charge is -2.49. The van der Waals surface area contributed by atoms with E-state index in [0.29, 0.717) is 12.2 Å². The third kappa shape index (κ3) is 13.0. The number of esters is 1. The minimum absolute atomic E-state index is 0.0194. The number of hydrogen-bond donors (Lipinski definition) is 0. The van der Waals surface area contributed by atoms with Gasteiger partial charge in [0.25, 0.3) is 0 Å². The molecule has 12 heteroatoms. The molecular weight excluding hydrogens is 817 g/mol. The van der Waals surface area contributed by atoms with E-state index in [2.05, 4.69) is 6.58 Å². The largest absolute Gasteiger partial charge is 0.453 e. The van der Waals surface area contributed by atoms with Gasteiger partial charge in [0, 0.05) is 14.2 Å². The minimum Gasteiger partial charge on any atom is -0.453 e. The Morgan fingerprint density at radius 3 is 1.38 bits per heavy atom. The van der Waals surface area contributed by atoms with Gasteiger partial charge in [0.15, 0.2) is 18.7 Å². The molecule has 2 heterocycles. The maximum absolute atomic E-state index is 13.8. The quantitative estimate of drug-likeness (QED) is 0.0470. The molecule has 0 spiro atoms. The summed E-state index contributed by atoms with van der Waals surface area (Å²) in [7, 11) is 3.15. The van der Waals surface area contributed by atoms with Crippen LogP contribution in [0.5, 0.6) is 0 Å². The van der Waals surface area contributed by atoms with Crippen LogP contribution in [0, 0.1) is 0 Å². The number of methoxy groups -OCH3 is 2. The summed E-state index contributed by atoms with van der Waals surface area (Å²) in [4.78, 5) is 13.8. The number of hydrogen-bond acceptors (Lipinski definition) is 12. The smallest absolute Gasteiger partial charge is 0.338 e. The van der Waals surface area contributed by atoms with E-state index in [4.69, 9.17) is 52.1 Å². The Morgan fingerprint density at radius 2 is 0.906 bits per heavy atom. The Kier molecular flexibility index (Phi) is 18.2. The van der Waals surface area contributed by atoms with E-state index in [1.807, 2.05) is 127 Å². The van der Waals surface area contributed by atoms with Gasteiger partial charge in [0.1, 0.15) is 42.7 Å². The predicted octanol–water partition coefficient (Wildman–Crippen LogP) is 7.88. The lowest BCUT2D eigenvalue weighted by atomic mass is 9.96. The second-order valence-electron chi connectivity index (χ2n) is 15.5. The van der Waals surface area contributed by atoms with E-state index in [1.165, 1.54) is 0 Å². The summed E-state index contributed by atoms with van der Waals surface area (Å²) in [5.74, 6) is -0.551. The molecule has 2 aliphatic rings. The number of benzene rings is 5. The molecule has 2 saturated heterocycles. The number of ether oxygens (including phenoxy) is 11. The highest BCUT2D eigenvalue weighted by Crippen LogP contribution is 2.36. The van der Waals surface area contributed by atoms with Crippen LogP contribution in [0.3, 0.4) is 0 Å². The van der Waals surface area contributed by atoms with E-state index >= 15 is 0 Å². The highest BCUT2D eigenvalue weighted by atomic mass is 16.8. The Balaban J connectivity index is 1.23. The third-order valence-corrected chi connectivity index (χ3v) is 11.0. The van der Waals surface area contributed by atoms with Gasteiger partial charge in [-0.15, -0.1) is 6.58 Å². The zero-order chi connectivity index (χ0) is 44.4. The molecule has 5 aromatic rings. The van der Waals surface area contributed by atoms with Crippen LogP contribution in [-0.2, 0) is 78.5 Å². The lowest BCUT2D eigenvalue weighted by Crippen LogP contribution is -2.66. The van der Waals surface area contributed by atoms with E-state index in [1.54, 1.807) is 44.6 Å². The molecule has 2 fully saturated rings. The molecule has 0 radical (unpaired) electrons. The van der Waals surface area contributed by atoms with Crippen LogP contribution in [0.2, 0.25) is 0 Å². The summed E-state index contributed by atoms with van der Waals surface area (Å²) in [5, 5.41) is 0. The summed E-state index contributed by atoms with van der Waals surface area (Å²) in [6.45, 7) is 5.19. The highest BCUT2D eigenvalue weighted by Gasteiger charge is 2.55. The van der Waals surface area contributed by atoms with Crippen LogP contribution in [0.1, 0.15) is 32.6 Å². The van der Waals surface area contributed by atoms with Crippen molar-refractivity contribution in [2.24, 2.45) is 0 Å². The van der Waals surface area contributed by atoms with Gasteiger partial charge in [-0.3, -0.25) is 0 Å². The van der Waals surface area contributed by atoms with Gasteiger partial charge in [-0.1, -0.05) is 146 Å². The van der Waals surface area contributed by atoms with Crippen LogP contribution >= 0.6 is 0 Å². The predicted molar refractivity (Wildman–Crippen MR) is 238 cm³/mol. The van der Waals surface area contributed by atoms with Crippen LogP contribution in [0.4, 0.5) is 0 Å². The fourth-order valence-electron chi connectivity index (χ4n) is 7.82. The van der Waals surface area contributed by atoms with Gasteiger partial charge < -0.3 is 52.1 Å². The molecule has 0 unspecified atom stereocenters. The monoisotopic (exact) mass is 874 g/mol. The summed E-state index contributed by atoms with van der Waals surface area (Å²) < 4.78 is 71.9. The summed E-state index contributed by atoms with van der Waals surface area (Å²) >= 11 is 0. The Bertz CT molecular complexity index is 2080. The highest BCUT2D eigenvalue weighted by molar-refractivity contribution is 5.89. The van der Waals surface area contributed by atoms with E-state index < -0.39 is 67.4 Å². The van der Waals surface area contributed by atoms with E-state index in [0.717, 1.165) is 22.3 Å². The average Bonchev–Trinajstić information content (AvgIpc) is 3.34. The van der Waals surface area contributed by atoms with Crippen molar-refractivity contribution in [1.29, 1.82) is 0 Å². The fourth-order valence-corrected chi connectivity index (χ4v) is 7.82. The van der Waals surface area contributed by atoms with Crippen molar-refractivity contribution in [3.8, 4) is 0 Å². The molecule has 12 nitrogen and oxygen atoms in total. The van der Waals surface area contributed by atoms with Crippen LogP contribution in [-0.4, -0.2) is 101 Å². The second kappa shape index (κ2) is 24.8. The summed E-state index contributed by atoms with van der Waals surface area (Å²) in [5.41, 5.74) is 4.18. The Hall–Kier alpha value is -5.09. The lowest BCUT2D eigenvalue weighted by molar-refractivity contribution is -0.370. The van der Waals surface area contributed by atoms with Crippen molar-refractivity contribution >= 4 is 5.97 Å². The Labute approximate surface area is 375 Å². The van der Waals surface area contributed by atoms with Gasteiger partial charge >= 0.3 is 5.97 Å². The molecule has 64 heavy (non-hydrogen) atoms. The standard InChI is InChI=1S/C52H58O12/c1-4-30-58-51-48(59-33-39-24-14-7-15-25-39)47(55-3)45(43(61-51)36-57-32-38-22-12-6-13-23-38)64-52-49(60-34-40-26-16-8-17-27-40)46(54-2)44(63-50(53)41-28-18-9-19-29-41)42(62-52)35-56-31-37-20-10-5-11-21-37/h4-29,42-49,51-52H,1,30-36H2,2-3H3/t42-,43-,44-,45-,46+,47+,48+,49+,51+,52+/m1/s1. The SMILES string of the molecule is C=CCO[C@H]1O[C@H](COCc2ccccc2)[C@@H](O[C@@H]2O[C@H](COCc3ccccc3)[C@@H](OC(=O)c3ccccc3)[C@H](OC)[C@@H]2OCc2ccccc2)[C@H](OC)[C@@H]1OCc1ccccc1. The van der Waals surface area contributed by atoms with Crippen molar-refractivity contribution in [3.63, 3.8) is 0 Å². The molecule has 2 aliphatic heterocycles. The first kappa shape index (κ1) is 46.9. The van der Waals surface area contributed by atoms with Gasteiger partial charge in [0.05, 0.1) is 51.8 Å². The van der Waals surface area contributed by atoms with Crippen LogP contribution in [0.25, 0.3) is 0 Å². The van der Waals surface area contributed by atoms with Crippen molar-refractivity contribution in [2.45, 2.75) is 87.8 Å². The summed E-state index contributed by atoms with van der Waals surface area (Å²) in [6, 6.07) is 48.0. The molecule has 0 aromatic heterocycles. The van der Waals surface area contributed by atoms with Gasteiger partial charge in [-0.2, -0.15) is 0 Å². The first-order chi connectivity index (χ1) is 31.5. The summed E-state index contributed by atoms with van der Waals surface area (Å²) in [6.07, 6.45) is -7.30. The number of carbonyl (C=O) groups excluding carboxylic acids is 1. The fraction of sp³-hybridized carbons (Fsp3) is 0.365. The van der Waals surface area contributed by atoms with Gasteiger partial charge in [0.2, 0.25) is 0 Å². The van der Waals surface area contributed by atoms with Crippen molar-refractivity contribution < 1.29 is 56.9 Å². The molecule has 338 valence electrons. The van der Waals surface area contributed by atoms with Crippen LogP contribution < -0.4 is 0 Å². The molecule has 0 N–H and O–H groups in total. The molecule has 0 amide bonds. The molecule has 0 aliphatic carbocycles. The molecule has 7 rings (SSSR count). The molecule has 10 atom stereocenters. The van der Waals surface area contributed by atoms with E-state index in [9.17, 15) is 4.79 Å². The van der Waals surface area contributed by atoms with Crippen molar-refractivity contribution in [3.05, 3.63) is 192 Å². The van der Waals surface area contributed by atoms with Gasteiger partial charge in [-0.25, -0.2) is 4.79 Å². The average molecular weight is 875 g/mol. The topological polar surface area (TPSA) is 119 Å². The minimum atomic E-state index is -1.14. The maximum atomic E-state index is 13.8. The number of carbonyl (C=O) groups is 1. The molecule has 0 saturated carbocycles. The van der Waals surface area contributed by atoms with Gasteiger partial charge in [-0.05, 0) is 34.4 Å². The zero-order valence-corrected chi connectivity index (χ0v) is 36.3. The normalized spacial score (nSPS) is 25.7. The van der Waals surface area contributed by atoms with Crippen molar-refractivity contribution in [1.82, 2.24) is 0 Å². The first-order valence-corrected chi connectivity index (χ1v) is 21.6. The van der Waals surface area contributed by atoms with E-state index in [-0.39, 0.29) is 39.6 Å². The van der Waals surface area contributed by atoms with Crippen molar-refractivity contribution in [2.75, 3.05) is 34.0 Å². The first-order valence-electron chi connectivity index (χ1n) is 21.6. The van der Waals surface area contributed by atoms with Crippen LogP contribution in [0.15, 0.2) is 164 Å². The third-order valence-electron chi connectivity index (χ3n) is 11.0. The molecular formula is C52H58O12. The number of rotatable bonds is 23. The maximum Gasteiger partial charge on any atom is 0.338 e. The second-order valence-corrected chi connectivity index (χ2v) is 15.5.